The molecule has 1 aromatic rings. The van der Waals surface area contributed by atoms with Crippen LogP contribution in [0.2, 0.25) is 0 Å². The number of nitrogen functional groups attached to an aromatic ring is 1. The Morgan fingerprint density at radius 1 is 1.39 bits per heavy atom. The number of rotatable bonds is 2. The molecule has 0 bridgehead atoms. The molecule has 1 aliphatic heterocycles. The van der Waals surface area contributed by atoms with E-state index in [4.69, 9.17) is 5.73 Å². The molecule has 1 atom stereocenters. The smallest absolute Gasteiger partial charge is 0.290 e. The Morgan fingerprint density at radius 3 is 2.39 bits per heavy atom. The summed E-state index contributed by atoms with van der Waals surface area (Å²) in [7, 11) is -1.25. The molecular weight excluding hydrogens is 254 g/mol. The first-order valence-electron chi connectivity index (χ1n) is 6.02. The number of hydrogen-bond acceptors (Lipinski definition) is 4. The van der Waals surface area contributed by atoms with Crippen LogP contribution < -0.4 is 11.3 Å². The van der Waals surface area contributed by atoms with Crippen LogP contribution in [0.4, 0.5) is 5.69 Å². The lowest BCUT2D eigenvalue weighted by Gasteiger charge is -2.16. The highest BCUT2D eigenvalue weighted by molar-refractivity contribution is 7.91. The monoisotopic (exact) mass is 273 g/mol. The third-order valence-electron chi connectivity index (χ3n) is 3.49. The van der Waals surface area contributed by atoms with Gasteiger partial charge >= 0.3 is 0 Å². The van der Waals surface area contributed by atoms with E-state index in [-0.39, 0.29) is 34.7 Å². The molecule has 0 aliphatic carbocycles. The zero-order chi connectivity index (χ0) is 13.7. The van der Waals surface area contributed by atoms with E-state index in [1.165, 1.54) is 4.68 Å². The normalized spacial score (nSPS) is 22.8. The van der Waals surface area contributed by atoms with Crippen LogP contribution in [0.25, 0.3) is 0 Å². The van der Waals surface area contributed by atoms with Crippen LogP contribution >= 0.6 is 0 Å². The maximum Gasteiger partial charge on any atom is 0.290 e. The van der Waals surface area contributed by atoms with Gasteiger partial charge in [-0.3, -0.25) is 9.48 Å². The Labute approximate surface area is 106 Å². The first-order chi connectivity index (χ1) is 8.24. The van der Waals surface area contributed by atoms with Gasteiger partial charge in [0.05, 0.1) is 23.2 Å². The summed E-state index contributed by atoms with van der Waals surface area (Å²) in [5.74, 6) is 0.301. The fourth-order valence-corrected chi connectivity index (χ4v) is 4.42. The van der Waals surface area contributed by atoms with Crippen LogP contribution in [-0.4, -0.2) is 29.3 Å². The van der Waals surface area contributed by atoms with Crippen molar-refractivity contribution in [2.45, 2.75) is 32.2 Å². The third-order valence-corrected chi connectivity index (χ3v) is 5.24. The summed E-state index contributed by atoms with van der Waals surface area (Å²) in [6.07, 6.45) is 0.483. The van der Waals surface area contributed by atoms with Crippen LogP contribution in [0.1, 0.15) is 37.9 Å². The zero-order valence-electron chi connectivity index (χ0n) is 10.9. The number of nitrogens with two attached hydrogens (primary N) is 1. The molecule has 1 unspecified atom stereocenters. The van der Waals surface area contributed by atoms with Crippen LogP contribution in [0.5, 0.6) is 0 Å². The average molecular weight is 273 g/mol. The van der Waals surface area contributed by atoms with E-state index in [9.17, 15) is 13.2 Å². The average Bonchev–Trinajstić information content (AvgIpc) is 2.67. The first kappa shape index (κ1) is 13.2. The summed E-state index contributed by atoms with van der Waals surface area (Å²) in [6.45, 7) is 3.92. The van der Waals surface area contributed by atoms with Crippen molar-refractivity contribution in [3.63, 3.8) is 0 Å². The van der Waals surface area contributed by atoms with E-state index < -0.39 is 9.84 Å². The van der Waals surface area contributed by atoms with Crippen LogP contribution in [0.15, 0.2) is 4.79 Å². The standard InChI is InChI=1S/C11H19N3O3S/c1-7(2)10-9(12)11(15)14(13(10)3)8-4-5-18(16,17)6-8/h7-8H,4-6,12H2,1-3H3. The lowest BCUT2D eigenvalue weighted by Crippen LogP contribution is -2.28. The van der Waals surface area contributed by atoms with Gasteiger partial charge in [-0.05, 0) is 12.3 Å². The number of hydrogen-bond donors (Lipinski definition) is 1. The number of sulfone groups is 1. The van der Waals surface area contributed by atoms with Crippen LogP contribution in [0, 0.1) is 0 Å². The molecule has 2 rings (SSSR count). The topological polar surface area (TPSA) is 87.1 Å². The van der Waals surface area contributed by atoms with Gasteiger partial charge in [-0.15, -0.1) is 0 Å². The summed E-state index contributed by atoms with van der Waals surface area (Å²) in [5, 5.41) is 0. The van der Waals surface area contributed by atoms with Crippen molar-refractivity contribution in [3.05, 3.63) is 16.0 Å². The van der Waals surface area contributed by atoms with Crippen molar-refractivity contribution in [3.8, 4) is 0 Å². The van der Waals surface area contributed by atoms with E-state index in [0.717, 1.165) is 5.69 Å². The van der Waals surface area contributed by atoms with Crippen LogP contribution in [-0.2, 0) is 16.9 Å². The Bertz CT molecular complexity index is 625. The maximum atomic E-state index is 12.1. The van der Waals surface area contributed by atoms with Gasteiger partial charge in [0.2, 0.25) is 0 Å². The molecule has 2 heterocycles. The highest BCUT2D eigenvalue weighted by atomic mass is 32.2. The lowest BCUT2D eigenvalue weighted by atomic mass is 10.1. The molecule has 6 nitrogen and oxygen atoms in total. The van der Waals surface area contributed by atoms with Gasteiger partial charge in [0.25, 0.3) is 5.56 Å². The van der Waals surface area contributed by atoms with Crippen molar-refractivity contribution in [2.24, 2.45) is 7.05 Å². The molecule has 0 amide bonds. The molecule has 1 saturated heterocycles. The minimum atomic E-state index is -3.01. The van der Waals surface area contributed by atoms with Gasteiger partial charge in [0.15, 0.2) is 9.84 Å². The van der Waals surface area contributed by atoms with E-state index in [0.29, 0.717) is 6.42 Å². The lowest BCUT2D eigenvalue weighted by molar-refractivity contribution is 0.406. The van der Waals surface area contributed by atoms with Crippen LogP contribution in [0.3, 0.4) is 0 Å². The second-order valence-corrected chi connectivity index (χ2v) is 7.41. The van der Waals surface area contributed by atoms with Crippen molar-refractivity contribution in [1.82, 2.24) is 9.36 Å². The van der Waals surface area contributed by atoms with E-state index in [1.807, 2.05) is 13.8 Å². The molecule has 0 saturated carbocycles. The largest absolute Gasteiger partial charge is 0.393 e. The molecule has 0 spiro atoms. The van der Waals surface area contributed by atoms with Gasteiger partial charge in [-0.2, -0.15) is 0 Å². The third kappa shape index (κ3) is 1.96. The second-order valence-electron chi connectivity index (χ2n) is 5.18. The van der Waals surface area contributed by atoms with Crippen molar-refractivity contribution in [2.75, 3.05) is 17.2 Å². The Hall–Kier alpha value is -1.24. The summed E-state index contributed by atoms with van der Waals surface area (Å²) in [4.78, 5) is 12.1. The fraction of sp³-hybridized carbons (Fsp3) is 0.727. The first-order valence-corrected chi connectivity index (χ1v) is 7.84. The Kier molecular flexibility index (Phi) is 3.04. The molecule has 0 radical (unpaired) electrons. The molecule has 18 heavy (non-hydrogen) atoms. The number of aromatic nitrogens is 2. The SMILES string of the molecule is CC(C)c1c(N)c(=O)n(C2CCS(=O)(=O)C2)n1C. The highest BCUT2D eigenvalue weighted by Gasteiger charge is 2.33. The molecule has 1 aliphatic rings. The fourth-order valence-electron chi connectivity index (χ4n) is 2.72. The van der Waals surface area contributed by atoms with E-state index in [1.54, 1.807) is 11.7 Å². The summed E-state index contributed by atoms with van der Waals surface area (Å²) < 4.78 is 26.2. The van der Waals surface area contributed by atoms with E-state index >= 15 is 0 Å². The van der Waals surface area contributed by atoms with Crippen molar-refractivity contribution >= 4 is 15.5 Å². The van der Waals surface area contributed by atoms with Gasteiger partial charge < -0.3 is 5.73 Å². The summed E-state index contributed by atoms with van der Waals surface area (Å²) >= 11 is 0. The quantitative estimate of drug-likeness (QED) is 0.837. The molecule has 102 valence electrons. The molecular formula is C11H19N3O3S. The maximum absolute atomic E-state index is 12.1. The minimum Gasteiger partial charge on any atom is -0.393 e. The second kappa shape index (κ2) is 4.15. The van der Waals surface area contributed by atoms with E-state index in [2.05, 4.69) is 0 Å². The number of nitrogens with zero attached hydrogens (tertiary/aromatic N) is 2. The predicted molar refractivity (Wildman–Crippen MR) is 70.5 cm³/mol. The molecule has 1 fully saturated rings. The predicted octanol–water partition coefficient (Wildman–Crippen LogP) is 0.252. The Morgan fingerprint density at radius 2 is 2.00 bits per heavy atom. The van der Waals surface area contributed by atoms with Gasteiger partial charge in [0, 0.05) is 7.05 Å². The molecule has 0 aromatic carbocycles. The molecule has 7 heteroatoms. The summed E-state index contributed by atoms with van der Waals surface area (Å²) in [5.41, 5.74) is 6.56. The minimum absolute atomic E-state index is 0.0295. The molecule has 1 aromatic heterocycles. The van der Waals surface area contributed by atoms with Gasteiger partial charge in [-0.25, -0.2) is 13.1 Å². The zero-order valence-corrected chi connectivity index (χ0v) is 11.7. The number of anilines is 1. The van der Waals surface area contributed by atoms with Crippen molar-refractivity contribution in [1.29, 1.82) is 0 Å². The van der Waals surface area contributed by atoms with Gasteiger partial charge in [0.1, 0.15) is 5.69 Å². The Balaban J connectivity index is 2.54. The molecule has 2 N–H and O–H groups in total. The highest BCUT2D eigenvalue weighted by Crippen LogP contribution is 2.26. The summed E-state index contributed by atoms with van der Waals surface area (Å²) in [6, 6.07) is -0.290. The van der Waals surface area contributed by atoms with Gasteiger partial charge in [-0.1, -0.05) is 13.8 Å². The van der Waals surface area contributed by atoms with Crippen molar-refractivity contribution < 1.29 is 8.42 Å².